The number of carbonyl (C=O) groups is 2. The van der Waals surface area contributed by atoms with Gasteiger partial charge in [0.25, 0.3) is 11.5 Å². The van der Waals surface area contributed by atoms with E-state index in [2.05, 4.69) is 5.32 Å². The van der Waals surface area contributed by atoms with Crippen LogP contribution in [0.1, 0.15) is 80.9 Å². The molecule has 1 aromatic rings. The van der Waals surface area contributed by atoms with Crippen LogP contribution in [0.5, 0.6) is 0 Å². The van der Waals surface area contributed by atoms with Crippen LogP contribution >= 0.6 is 0 Å². The first-order valence-electron chi connectivity index (χ1n) is 11.1. The third-order valence-electron chi connectivity index (χ3n) is 6.14. The number of fused-ring (bicyclic) bond motifs is 1. The molecule has 166 valence electrons. The third kappa shape index (κ3) is 5.12. The molecule has 1 fully saturated rings. The molecule has 0 saturated carbocycles. The molecular formula is C23H34N2O5. The summed E-state index contributed by atoms with van der Waals surface area (Å²) in [7, 11) is 0. The summed E-state index contributed by atoms with van der Waals surface area (Å²) in [5.41, 5.74) is 1.04. The van der Waals surface area contributed by atoms with Gasteiger partial charge in [-0.05, 0) is 55.6 Å². The molecule has 7 heteroatoms. The normalized spacial score (nSPS) is 20.7. The predicted octanol–water partition coefficient (Wildman–Crippen LogP) is 2.92. The molecule has 0 bridgehead atoms. The van der Waals surface area contributed by atoms with E-state index < -0.39 is 23.3 Å². The Kier molecular flexibility index (Phi) is 7.01. The number of carboxylic acids is 1. The van der Waals surface area contributed by atoms with Gasteiger partial charge in [-0.1, -0.05) is 33.6 Å². The molecule has 30 heavy (non-hydrogen) atoms. The smallest absolute Gasteiger partial charge is 0.326 e. The second kappa shape index (κ2) is 9.33. The zero-order valence-corrected chi connectivity index (χ0v) is 18.3. The van der Waals surface area contributed by atoms with E-state index in [1.807, 2.05) is 0 Å². The van der Waals surface area contributed by atoms with E-state index in [9.17, 15) is 19.5 Å². The predicted molar refractivity (Wildman–Crippen MR) is 114 cm³/mol. The summed E-state index contributed by atoms with van der Waals surface area (Å²) in [6, 6.07) is 0.615. The number of pyridine rings is 1. The highest BCUT2D eigenvalue weighted by Gasteiger charge is 2.34. The van der Waals surface area contributed by atoms with Crippen molar-refractivity contribution < 1.29 is 19.4 Å². The van der Waals surface area contributed by atoms with E-state index in [0.717, 1.165) is 62.6 Å². The molecule has 0 radical (unpaired) electrons. The number of carbonyl (C=O) groups excluding carboxylic acids is 1. The van der Waals surface area contributed by atoms with E-state index in [-0.39, 0.29) is 17.2 Å². The molecule has 0 spiro atoms. The number of aryl methyl sites for hydroxylation is 1. The van der Waals surface area contributed by atoms with Crippen LogP contribution in [0.15, 0.2) is 10.9 Å². The first-order chi connectivity index (χ1) is 14.2. The van der Waals surface area contributed by atoms with Crippen molar-refractivity contribution in [2.24, 2.45) is 5.41 Å². The average molecular weight is 419 g/mol. The lowest BCUT2D eigenvalue weighted by Crippen LogP contribution is -2.50. The van der Waals surface area contributed by atoms with Gasteiger partial charge in [0.2, 0.25) is 0 Å². The molecule has 7 nitrogen and oxygen atoms in total. The van der Waals surface area contributed by atoms with Crippen molar-refractivity contribution >= 4 is 11.9 Å². The van der Waals surface area contributed by atoms with Gasteiger partial charge in [0, 0.05) is 12.3 Å². The molecule has 1 saturated heterocycles. The fourth-order valence-electron chi connectivity index (χ4n) is 4.44. The van der Waals surface area contributed by atoms with Gasteiger partial charge in [-0.15, -0.1) is 0 Å². The molecule has 2 aliphatic rings. The van der Waals surface area contributed by atoms with Crippen LogP contribution in [0, 0.1) is 5.41 Å². The van der Waals surface area contributed by atoms with Crippen LogP contribution in [0.2, 0.25) is 0 Å². The minimum atomic E-state index is -1.11. The lowest BCUT2D eigenvalue weighted by Gasteiger charge is -2.28. The Labute approximate surface area is 177 Å². The Balaban J connectivity index is 2.01. The van der Waals surface area contributed by atoms with E-state index in [1.54, 1.807) is 31.4 Å². The molecule has 2 N–H and O–H groups in total. The Bertz CT molecular complexity index is 846. The van der Waals surface area contributed by atoms with Gasteiger partial charge in [-0.2, -0.15) is 0 Å². The monoisotopic (exact) mass is 418 g/mol. The van der Waals surface area contributed by atoms with Crippen molar-refractivity contribution in [2.45, 2.75) is 90.8 Å². The number of carboxylic acid groups (broad SMARTS) is 1. The molecular weight excluding hydrogens is 384 g/mol. The maximum Gasteiger partial charge on any atom is 0.326 e. The molecule has 3 rings (SSSR count). The summed E-state index contributed by atoms with van der Waals surface area (Å²) in [5.74, 6) is -1.73. The molecule has 2 heterocycles. The van der Waals surface area contributed by atoms with Crippen LogP contribution < -0.4 is 10.9 Å². The van der Waals surface area contributed by atoms with Crippen LogP contribution in [0.25, 0.3) is 0 Å². The number of aromatic nitrogens is 1. The Morgan fingerprint density at radius 1 is 1.20 bits per heavy atom. The van der Waals surface area contributed by atoms with Crippen molar-refractivity contribution in [2.75, 3.05) is 6.61 Å². The van der Waals surface area contributed by atoms with E-state index >= 15 is 0 Å². The molecule has 1 unspecified atom stereocenters. The summed E-state index contributed by atoms with van der Waals surface area (Å²) in [5, 5.41) is 12.2. The average Bonchev–Trinajstić information content (AvgIpc) is 3.14. The van der Waals surface area contributed by atoms with E-state index in [0.29, 0.717) is 13.2 Å². The van der Waals surface area contributed by atoms with Gasteiger partial charge in [-0.3, -0.25) is 9.59 Å². The van der Waals surface area contributed by atoms with Gasteiger partial charge in [-0.25, -0.2) is 4.79 Å². The van der Waals surface area contributed by atoms with Gasteiger partial charge < -0.3 is 19.7 Å². The minimum absolute atomic E-state index is 0.0168. The number of rotatable bonds is 5. The molecule has 1 amide bonds. The van der Waals surface area contributed by atoms with Crippen molar-refractivity contribution in [3.8, 4) is 0 Å². The van der Waals surface area contributed by atoms with E-state index in [1.165, 1.54) is 0 Å². The fourth-order valence-corrected chi connectivity index (χ4v) is 4.44. The molecule has 1 aromatic heterocycles. The molecule has 1 aliphatic heterocycles. The second-order valence-electron chi connectivity index (χ2n) is 9.61. The maximum atomic E-state index is 13.4. The van der Waals surface area contributed by atoms with Gasteiger partial charge in [0.1, 0.15) is 11.6 Å². The highest BCUT2D eigenvalue weighted by atomic mass is 16.5. The first-order valence-corrected chi connectivity index (χ1v) is 11.1. The third-order valence-corrected chi connectivity index (χ3v) is 6.14. The summed E-state index contributed by atoms with van der Waals surface area (Å²) in [6.45, 7) is 6.41. The zero-order valence-electron chi connectivity index (χ0n) is 18.3. The van der Waals surface area contributed by atoms with Crippen molar-refractivity contribution in [1.82, 2.24) is 9.88 Å². The molecule has 0 aromatic carbocycles. The van der Waals surface area contributed by atoms with Crippen molar-refractivity contribution in [3.05, 3.63) is 33.2 Å². The number of hydrogen-bond donors (Lipinski definition) is 2. The number of nitrogens with zero attached hydrogens (tertiary/aromatic N) is 1. The minimum Gasteiger partial charge on any atom is -0.480 e. The lowest BCUT2D eigenvalue weighted by molar-refractivity contribution is -0.142. The van der Waals surface area contributed by atoms with Crippen LogP contribution in [0.4, 0.5) is 0 Å². The molecule has 1 aliphatic carbocycles. The van der Waals surface area contributed by atoms with Crippen LogP contribution in [-0.4, -0.2) is 40.3 Å². The highest BCUT2D eigenvalue weighted by Crippen LogP contribution is 2.23. The summed E-state index contributed by atoms with van der Waals surface area (Å²) in [4.78, 5) is 38.1. The number of nitrogens with one attached hydrogen (secondary N) is 1. The topological polar surface area (TPSA) is 97.6 Å². The van der Waals surface area contributed by atoms with E-state index in [4.69, 9.17) is 4.74 Å². The van der Waals surface area contributed by atoms with Crippen LogP contribution in [-0.2, 0) is 28.9 Å². The fraction of sp³-hybridized carbons (Fsp3) is 0.696. The number of ether oxygens (including phenoxy) is 1. The number of amides is 1. The SMILES string of the molecule is CC(C)(C)[C@H](NC(=O)c1cc2c(n(CC3CCCO3)c1=O)CCCCCC2)C(=O)O. The summed E-state index contributed by atoms with van der Waals surface area (Å²) >= 11 is 0. The Morgan fingerprint density at radius 2 is 1.90 bits per heavy atom. The zero-order chi connectivity index (χ0) is 21.9. The van der Waals surface area contributed by atoms with Gasteiger partial charge in [0.15, 0.2) is 0 Å². The van der Waals surface area contributed by atoms with Crippen LogP contribution in [0.3, 0.4) is 0 Å². The number of aliphatic carboxylic acids is 1. The quantitative estimate of drug-likeness (QED) is 0.766. The number of hydrogen-bond acceptors (Lipinski definition) is 4. The van der Waals surface area contributed by atoms with Crippen molar-refractivity contribution in [1.29, 1.82) is 0 Å². The second-order valence-corrected chi connectivity index (χ2v) is 9.61. The first kappa shape index (κ1) is 22.5. The van der Waals surface area contributed by atoms with Gasteiger partial charge in [0.05, 0.1) is 12.6 Å². The highest BCUT2D eigenvalue weighted by molar-refractivity contribution is 5.96. The Hall–Kier alpha value is -2.15. The Morgan fingerprint density at radius 3 is 2.50 bits per heavy atom. The summed E-state index contributed by atoms with van der Waals surface area (Å²) in [6.07, 6.45) is 7.83. The molecule has 2 atom stereocenters. The maximum absolute atomic E-state index is 13.4. The van der Waals surface area contributed by atoms with Crippen molar-refractivity contribution in [3.63, 3.8) is 0 Å². The van der Waals surface area contributed by atoms with Gasteiger partial charge >= 0.3 is 5.97 Å². The standard InChI is InChI=1S/C23H34N2O5/c1-23(2,3)19(22(28)29)24-20(26)17-13-15-9-6-4-5-7-11-18(15)25(21(17)27)14-16-10-8-12-30-16/h13,16,19H,4-12,14H2,1-3H3,(H,24,26)(H,28,29)/t16?,19-/m1/s1. The largest absolute Gasteiger partial charge is 0.480 e. The lowest BCUT2D eigenvalue weighted by atomic mass is 9.86. The summed E-state index contributed by atoms with van der Waals surface area (Å²) < 4.78 is 7.50.